The van der Waals surface area contributed by atoms with Gasteiger partial charge >= 0.3 is 0 Å². The van der Waals surface area contributed by atoms with Crippen LogP contribution in [0.2, 0.25) is 0 Å². The van der Waals surface area contributed by atoms with Gasteiger partial charge in [-0.2, -0.15) is 0 Å². The summed E-state index contributed by atoms with van der Waals surface area (Å²) >= 11 is 1.73. The van der Waals surface area contributed by atoms with Crippen LogP contribution < -0.4 is 4.90 Å². The van der Waals surface area contributed by atoms with Crippen LogP contribution in [0.15, 0.2) is 36.4 Å². The number of carbonyl (C=O) groups excluding carboxylic acids is 1. The van der Waals surface area contributed by atoms with Crippen molar-refractivity contribution >= 4 is 39.4 Å². The van der Waals surface area contributed by atoms with Gasteiger partial charge in [0.1, 0.15) is 22.3 Å². The number of nitrogens with zero attached hydrogens (tertiary/aromatic N) is 4. The maximum atomic E-state index is 13.0. The van der Waals surface area contributed by atoms with E-state index in [1.165, 1.54) is 17.0 Å². The van der Waals surface area contributed by atoms with Crippen LogP contribution in [-0.2, 0) is 11.2 Å². The zero-order valence-electron chi connectivity index (χ0n) is 16.6. The SMILES string of the molecule is CCc1cc2c(N3CCN(C(=O)/C=C/c4ccc(F)cc4)CC3)nc(C)nc2s1. The Balaban J connectivity index is 1.44. The molecule has 0 atom stereocenters. The van der Waals surface area contributed by atoms with Crippen LogP contribution in [0, 0.1) is 12.7 Å². The number of benzene rings is 1. The van der Waals surface area contributed by atoms with Gasteiger partial charge in [-0.1, -0.05) is 19.1 Å². The molecule has 1 aliphatic heterocycles. The molecule has 0 bridgehead atoms. The van der Waals surface area contributed by atoms with Crippen molar-refractivity contribution in [2.45, 2.75) is 20.3 Å². The van der Waals surface area contributed by atoms with E-state index in [1.54, 1.807) is 35.6 Å². The Labute approximate surface area is 173 Å². The van der Waals surface area contributed by atoms with E-state index in [0.29, 0.717) is 13.1 Å². The highest BCUT2D eigenvalue weighted by Crippen LogP contribution is 2.31. The summed E-state index contributed by atoms with van der Waals surface area (Å²) in [5.74, 6) is 1.44. The molecule has 2 aromatic heterocycles. The van der Waals surface area contributed by atoms with Crippen LogP contribution in [0.5, 0.6) is 0 Å². The Morgan fingerprint density at radius 2 is 1.90 bits per heavy atom. The van der Waals surface area contributed by atoms with E-state index in [1.807, 2.05) is 11.8 Å². The van der Waals surface area contributed by atoms with Gasteiger partial charge in [0.15, 0.2) is 0 Å². The number of hydrogen-bond acceptors (Lipinski definition) is 5. The average Bonchev–Trinajstić information content (AvgIpc) is 3.15. The molecule has 0 aliphatic carbocycles. The summed E-state index contributed by atoms with van der Waals surface area (Å²) in [7, 11) is 0. The number of aromatic nitrogens is 2. The fraction of sp³-hybridized carbons (Fsp3) is 0.318. The molecule has 7 heteroatoms. The lowest BCUT2D eigenvalue weighted by Gasteiger charge is -2.35. The number of halogens is 1. The summed E-state index contributed by atoms with van der Waals surface area (Å²) in [6, 6.07) is 8.29. The van der Waals surface area contributed by atoms with E-state index in [4.69, 9.17) is 4.98 Å². The second-order valence-corrected chi connectivity index (χ2v) is 8.19. The first-order valence-electron chi connectivity index (χ1n) is 9.78. The molecular weight excluding hydrogens is 387 g/mol. The van der Waals surface area contributed by atoms with E-state index in [2.05, 4.69) is 22.9 Å². The Bertz CT molecular complexity index is 1050. The largest absolute Gasteiger partial charge is 0.352 e. The van der Waals surface area contributed by atoms with Gasteiger partial charge < -0.3 is 9.80 Å². The standard InChI is InChI=1S/C22H23FN4OS/c1-3-18-14-19-21(24-15(2)25-22(19)29-18)27-12-10-26(11-13-27)20(28)9-6-16-4-7-17(23)8-5-16/h4-9,14H,3,10-13H2,1-2H3/b9-6+. The number of piperazine rings is 1. The molecule has 1 saturated heterocycles. The van der Waals surface area contributed by atoms with E-state index >= 15 is 0 Å². The first-order valence-corrected chi connectivity index (χ1v) is 10.6. The Kier molecular flexibility index (Phi) is 5.58. The van der Waals surface area contributed by atoms with Crippen molar-refractivity contribution in [1.29, 1.82) is 0 Å². The number of aryl methyl sites for hydroxylation is 2. The number of thiophene rings is 1. The van der Waals surface area contributed by atoms with Crippen LogP contribution in [0.3, 0.4) is 0 Å². The van der Waals surface area contributed by atoms with E-state index in [-0.39, 0.29) is 11.7 Å². The topological polar surface area (TPSA) is 49.3 Å². The molecule has 0 radical (unpaired) electrons. The van der Waals surface area contributed by atoms with Crippen LogP contribution in [0.4, 0.5) is 10.2 Å². The van der Waals surface area contributed by atoms with Crippen LogP contribution in [-0.4, -0.2) is 47.0 Å². The summed E-state index contributed by atoms with van der Waals surface area (Å²) < 4.78 is 13.0. The number of amides is 1. The lowest BCUT2D eigenvalue weighted by Crippen LogP contribution is -2.48. The molecule has 29 heavy (non-hydrogen) atoms. The minimum atomic E-state index is -0.282. The molecule has 1 fully saturated rings. The summed E-state index contributed by atoms with van der Waals surface area (Å²) in [4.78, 5) is 28.2. The van der Waals surface area contributed by atoms with Gasteiger partial charge in [-0.25, -0.2) is 14.4 Å². The van der Waals surface area contributed by atoms with E-state index < -0.39 is 0 Å². The number of hydrogen-bond donors (Lipinski definition) is 0. The first-order chi connectivity index (χ1) is 14.0. The van der Waals surface area contributed by atoms with Crippen LogP contribution >= 0.6 is 11.3 Å². The van der Waals surface area contributed by atoms with E-state index in [0.717, 1.165) is 46.9 Å². The maximum Gasteiger partial charge on any atom is 0.246 e. The van der Waals surface area contributed by atoms with Crippen molar-refractivity contribution in [2.24, 2.45) is 0 Å². The molecule has 0 unspecified atom stereocenters. The molecule has 1 amide bonds. The highest BCUT2D eigenvalue weighted by atomic mass is 32.1. The van der Waals surface area contributed by atoms with Gasteiger partial charge in [0.05, 0.1) is 5.39 Å². The predicted octanol–water partition coefficient (Wildman–Crippen LogP) is 4.06. The van der Waals surface area contributed by atoms with Gasteiger partial charge in [-0.3, -0.25) is 4.79 Å². The van der Waals surface area contributed by atoms with Gasteiger partial charge in [-0.05, 0) is 43.2 Å². The second-order valence-electron chi connectivity index (χ2n) is 7.08. The second kappa shape index (κ2) is 8.29. The predicted molar refractivity (Wildman–Crippen MR) is 116 cm³/mol. The molecule has 1 aliphatic rings. The zero-order valence-corrected chi connectivity index (χ0v) is 17.4. The number of carbonyl (C=O) groups is 1. The quantitative estimate of drug-likeness (QED) is 0.609. The molecule has 5 nitrogen and oxygen atoms in total. The summed E-state index contributed by atoms with van der Waals surface area (Å²) in [5, 5.41) is 1.11. The Morgan fingerprint density at radius 1 is 1.17 bits per heavy atom. The third kappa shape index (κ3) is 4.29. The molecule has 0 spiro atoms. The first kappa shape index (κ1) is 19.5. The van der Waals surface area contributed by atoms with Crippen LogP contribution in [0.25, 0.3) is 16.3 Å². The molecular formula is C22H23FN4OS. The van der Waals surface area contributed by atoms with Gasteiger partial charge in [0, 0.05) is 37.1 Å². The summed E-state index contributed by atoms with van der Waals surface area (Å²) in [6.07, 6.45) is 4.27. The highest BCUT2D eigenvalue weighted by molar-refractivity contribution is 7.18. The fourth-order valence-corrected chi connectivity index (χ4v) is 4.47. The zero-order chi connectivity index (χ0) is 20.4. The van der Waals surface area contributed by atoms with Crippen molar-refractivity contribution in [2.75, 3.05) is 31.1 Å². The average molecular weight is 411 g/mol. The molecule has 4 rings (SSSR count). The molecule has 0 N–H and O–H groups in total. The lowest BCUT2D eigenvalue weighted by atomic mass is 10.2. The summed E-state index contributed by atoms with van der Waals surface area (Å²) in [6.45, 7) is 6.82. The van der Waals surface area contributed by atoms with Gasteiger partial charge in [-0.15, -0.1) is 11.3 Å². The third-order valence-corrected chi connectivity index (χ3v) is 6.24. The van der Waals surface area contributed by atoms with Crippen LogP contribution in [0.1, 0.15) is 23.2 Å². The Morgan fingerprint density at radius 3 is 2.59 bits per heavy atom. The lowest BCUT2D eigenvalue weighted by molar-refractivity contribution is -0.126. The number of fused-ring (bicyclic) bond motifs is 1. The molecule has 150 valence electrons. The van der Waals surface area contributed by atoms with Crippen molar-refractivity contribution in [3.8, 4) is 0 Å². The van der Waals surface area contributed by atoms with Crippen molar-refractivity contribution in [3.63, 3.8) is 0 Å². The van der Waals surface area contributed by atoms with Crippen molar-refractivity contribution < 1.29 is 9.18 Å². The molecule has 0 saturated carbocycles. The normalized spacial score (nSPS) is 14.9. The maximum absolute atomic E-state index is 13.0. The third-order valence-electron chi connectivity index (χ3n) is 5.06. The summed E-state index contributed by atoms with van der Waals surface area (Å²) in [5.41, 5.74) is 0.807. The minimum Gasteiger partial charge on any atom is -0.352 e. The molecule has 1 aromatic carbocycles. The minimum absolute atomic E-state index is 0.0261. The highest BCUT2D eigenvalue weighted by Gasteiger charge is 2.23. The number of rotatable bonds is 4. The number of anilines is 1. The smallest absolute Gasteiger partial charge is 0.246 e. The van der Waals surface area contributed by atoms with Crippen molar-refractivity contribution in [1.82, 2.24) is 14.9 Å². The van der Waals surface area contributed by atoms with E-state index in [9.17, 15) is 9.18 Å². The van der Waals surface area contributed by atoms with Crippen molar-refractivity contribution in [3.05, 3.63) is 58.5 Å². The monoisotopic (exact) mass is 410 g/mol. The molecule has 3 heterocycles. The molecule has 3 aromatic rings. The Hall–Kier alpha value is -2.80. The van der Waals surface area contributed by atoms with Gasteiger partial charge in [0.2, 0.25) is 5.91 Å². The van der Waals surface area contributed by atoms with Gasteiger partial charge in [0.25, 0.3) is 0 Å². The fourth-order valence-electron chi connectivity index (χ4n) is 3.46.